The van der Waals surface area contributed by atoms with Crippen molar-refractivity contribution < 1.29 is 23.8 Å². The van der Waals surface area contributed by atoms with E-state index in [1.54, 1.807) is 19.1 Å². The zero-order chi connectivity index (χ0) is 22.7. The van der Waals surface area contributed by atoms with Crippen molar-refractivity contribution in [2.24, 2.45) is 11.3 Å². The van der Waals surface area contributed by atoms with Crippen LogP contribution in [-0.4, -0.2) is 86.8 Å². The molecule has 1 atom stereocenters. The van der Waals surface area contributed by atoms with Gasteiger partial charge in [-0.15, -0.1) is 0 Å². The molecule has 8 heteroatoms. The van der Waals surface area contributed by atoms with E-state index in [1.165, 1.54) is 0 Å². The van der Waals surface area contributed by atoms with Crippen LogP contribution in [-0.2, 0) is 16.1 Å². The lowest BCUT2D eigenvalue weighted by molar-refractivity contribution is -0.135. The molecule has 2 saturated heterocycles. The van der Waals surface area contributed by atoms with Gasteiger partial charge in [0.15, 0.2) is 11.5 Å². The number of amides is 2. The summed E-state index contributed by atoms with van der Waals surface area (Å²) in [6.45, 7) is 7.30. The van der Waals surface area contributed by atoms with Crippen LogP contribution >= 0.6 is 0 Å². The number of para-hydroxylation sites is 1. The number of piperazine rings is 1. The normalized spacial score (nSPS) is 22.5. The molecular weight excluding hydrogens is 410 g/mol. The van der Waals surface area contributed by atoms with E-state index in [0.717, 1.165) is 56.0 Å². The Morgan fingerprint density at radius 2 is 1.69 bits per heavy atom. The Morgan fingerprint density at radius 1 is 1.00 bits per heavy atom. The maximum absolute atomic E-state index is 13.1. The maximum atomic E-state index is 13.1. The molecule has 1 spiro atoms. The number of rotatable bonds is 6. The summed E-state index contributed by atoms with van der Waals surface area (Å²) in [5.74, 6) is 1.98. The van der Waals surface area contributed by atoms with E-state index in [4.69, 9.17) is 14.2 Å². The zero-order valence-corrected chi connectivity index (χ0v) is 19.5. The molecule has 2 aliphatic heterocycles. The first-order valence-electron chi connectivity index (χ1n) is 11.6. The van der Waals surface area contributed by atoms with Crippen molar-refractivity contribution in [1.82, 2.24) is 14.7 Å². The molecule has 32 heavy (non-hydrogen) atoms. The van der Waals surface area contributed by atoms with Gasteiger partial charge in [0, 0.05) is 44.2 Å². The first-order valence-corrected chi connectivity index (χ1v) is 11.6. The summed E-state index contributed by atoms with van der Waals surface area (Å²) in [5.41, 5.74) is 1.30. The molecule has 0 radical (unpaired) electrons. The fraction of sp³-hybridized carbons (Fsp3) is 0.667. The number of piperidine rings is 1. The van der Waals surface area contributed by atoms with Gasteiger partial charge in [0.25, 0.3) is 0 Å². The highest BCUT2D eigenvalue weighted by Crippen LogP contribution is 2.60. The Balaban J connectivity index is 1.27. The number of hydrogen-bond acceptors (Lipinski definition) is 6. The lowest BCUT2D eigenvalue weighted by Gasteiger charge is -2.36. The zero-order valence-electron chi connectivity index (χ0n) is 19.5. The highest BCUT2D eigenvalue weighted by molar-refractivity contribution is 5.83. The van der Waals surface area contributed by atoms with Gasteiger partial charge in [-0.25, -0.2) is 4.79 Å². The lowest BCUT2D eigenvalue weighted by Crippen LogP contribution is -2.51. The molecule has 2 amide bonds. The molecule has 1 aromatic rings. The van der Waals surface area contributed by atoms with Gasteiger partial charge in [-0.2, -0.15) is 0 Å². The van der Waals surface area contributed by atoms with Crippen LogP contribution in [0.5, 0.6) is 11.5 Å². The molecule has 3 aliphatic rings. The summed E-state index contributed by atoms with van der Waals surface area (Å²) >= 11 is 0. The molecule has 0 bridgehead atoms. The van der Waals surface area contributed by atoms with E-state index in [2.05, 4.69) is 11.0 Å². The van der Waals surface area contributed by atoms with Gasteiger partial charge in [-0.1, -0.05) is 12.1 Å². The number of carbonyl (C=O) groups is 2. The molecule has 0 N–H and O–H groups in total. The van der Waals surface area contributed by atoms with Crippen molar-refractivity contribution in [3.63, 3.8) is 0 Å². The van der Waals surface area contributed by atoms with Crippen LogP contribution in [0.4, 0.5) is 4.79 Å². The number of nitrogens with zero attached hydrogens (tertiary/aromatic N) is 3. The second-order valence-electron chi connectivity index (χ2n) is 9.06. The number of ether oxygens (including phenoxy) is 3. The second-order valence-corrected chi connectivity index (χ2v) is 9.06. The first-order chi connectivity index (χ1) is 15.5. The fourth-order valence-corrected chi connectivity index (χ4v) is 5.27. The standard InChI is InChI=1S/C24H35N3O5/c1-4-32-23(29)27-14-12-26(13-15-27)22(28)19-16-24(19)8-10-25(11-9-24)17-18-6-5-7-20(30-2)21(18)31-3/h5-7,19H,4,8-17H2,1-3H3/t19-/m1/s1. The summed E-state index contributed by atoms with van der Waals surface area (Å²) in [4.78, 5) is 31.1. The van der Waals surface area contributed by atoms with Gasteiger partial charge < -0.3 is 24.0 Å². The number of hydrogen-bond donors (Lipinski definition) is 0. The van der Waals surface area contributed by atoms with E-state index in [0.29, 0.717) is 32.8 Å². The summed E-state index contributed by atoms with van der Waals surface area (Å²) in [6.07, 6.45) is 2.83. The minimum Gasteiger partial charge on any atom is -0.493 e. The van der Waals surface area contributed by atoms with Crippen LogP contribution in [0.25, 0.3) is 0 Å². The molecule has 0 aromatic heterocycles. The fourth-order valence-electron chi connectivity index (χ4n) is 5.27. The van der Waals surface area contributed by atoms with Crippen LogP contribution in [0.15, 0.2) is 18.2 Å². The summed E-state index contributed by atoms with van der Waals surface area (Å²) < 4.78 is 16.1. The van der Waals surface area contributed by atoms with Gasteiger partial charge in [0.05, 0.1) is 20.8 Å². The van der Waals surface area contributed by atoms with Crippen molar-refractivity contribution >= 4 is 12.0 Å². The van der Waals surface area contributed by atoms with E-state index < -0.39 is 0 Å². The molecular formula is C24H35N3O5. The Kier molecular flexibility index (Phi) is 6.79. The monoisotopic (exact) mass is 445 g/mol. The second kappa shape index (κ2) is 9.57. The minimum atomic E-state index is -0.275. The average Bonchev–Trinajstić information content (AvgIpc) is 3.53. The lowest BCUT2D eigenvalue weighted by atomic mass is 9.90. The largest absolute Gasteiger partial charge is 0.493 e. The Morgan fingerprint density at radius 3 is 2.31 bits per heavy atom. The van der Waals surface area contributed by atoms with Crippen molar-refractivity contribution in [3.05, 3.63) is 23.8 Å². The van der Waals surface area contributed by atoms with Gasteiger partial charge in [0.2, 0.25) is 5.91 Å². The topological polar surface area (TPSA) is 71.6 Å². The minimum absolute atomic E-state index is 0.144. The van der Waals surface area contributed by atoms with Crippen LogP contribution in [0.2, 0.25) is 0 Å². The smallest absolute Gasteiger partial charge is 0.409 e. The van der Waals surface area contributed by atoms with Gasteiger partial charge in [-0.05, 0) is 50.8 Å². The van der Waals surface area contributed by atoms with Crippen LogP contribution in [0.3, 0.4) is 0 Å². The van der Waals surface area contributed by atoms with Gasteiger partial charge >= 0.3 is 6.09 Å². The Labute approximate surface area is 190 Å². The highest BCUT2D eigenvalue weighted by atomic mass is 16.6. The van der Waals surface area contributed by atoms with E-state index in [-0.39, 0.29) is 23.3 Å². The number of benzene rings is 1. The van der Waals surface area contributed by atoms with Gasteiger partial charge in [0.1, 0.15) is 0 Å². The third-order valence-electron chi connectivity index (χ3n) is 7.34. The molecule has 1 saturated carbocycles. The molecule has 176 valence electrons. The van der Waals surface area contributed by atoms with Crippen molar-refractivity contribution in [2.45, 2.75) is 32.7 Å². The number of methoxy groups -OCH3 is 2. The summed E-state index contributed by atoms with van der Waals surface area (Å²) in [6, 6.07) is 6.00. The van der Waals surface area contributed by atoms with Crippen LogP contribution < -0.4 is 9.47 Å². The summed E-state index contributed by atoms with van der Waals surface area (Å²) in [7, 11) is 3.34. The third-order valence-corrected chi connectivity index (χ3v) is 7.34. The molecule has 1 aromatic carbocycles. The van der Waals surface area contributed by atoms with Gasteiger partial charge in [-0.3, -0.25) is 9.69 Å². The molecule has 0 unspecified atom stereocenters. The van der Waals surface area contributed by atoms with E-state index in [9.17, 15) is 9.59 Å². The molecule has 3 fully saturated rings. The number of carbonyl (C=O) groups excluding carboxylic acids is 2. The molecule has 8 nitrogen and oxygen atoms in total. The number of likely N-dealkylation sites (tertiary alicyclic amines) is 1. The Hall–Kier alpha value is -2.48. The van der Waals surface area contributed by atoms with Crippen molar-refractivity contribution in [1.29, 1.82) is 0 Å². The molecule has 1 aliphatic carbocycles. The Bertz CT molecular complexity index is 829. The van der Waals surface area contributed by atoms with E-state index in [1.807, 2.05) is 24.0 Å². The molecule has 4 rings (SSSR count). The van der Waals surface area contributed by atoms with Crippen LogP contribution in [0, 0.1) is 11.3 Å². The third kappa shape index (κ3) is 4.51. The maximum Gasteiger partial charge on any atom is 0.409 e. The molecule has 2 heterocycles. The quantitative estimate of drug-likeness (QED) is 0.670. The predicted molar refractivity (Wildman–Crippen MR) is 120 cm³/mol. The SMILES string of the molecule is CCOC(=O)N1CCN(C(=O)[C@H]2CC23CCN(Cc2cccc(OC)c2OC)CC3)CC1. The van der Waals surface area contributed by atoms with E-state index >= 15 is 0 Å². The van der Waals surface area contributed by atoms with Crippen LogP contribution in [0.1, 0.15) is 31.7 Å². The summed E-state index contributed by atoms with van der Waals surface area (Å²) in [5, 5.41) is 0. The average molecular weight is 446 g/mol. The van der Waals surface area contributed by atoms with Crippen molar-refractivity contribution in [2.75, 3.05) is 60.1 Å². The highest BCUT2D eigenvalue weighted by Gasteiger charge is 2.59. The van der Waals surface area contributed by atoms with Crippen molar-refractivity contribution in [3.8, 4) is 11.5 Å². The predicted octanol–water partition coefficient (Wildman–Crippen LogP) is 2.61. The first kappa shape index (κ1) is 22.7.